The maximum Gasteiger partial charge on any atom is 0.393 e. The van der Waals surface area contributed by atoms with Crippen LogP contribution >= 0.6 is 11.6 Å². The third-order valence-corrected chi connectivity index (χ3v) is 5.85. The highest BCUT2D eigenvalue weighted by molar-refractivity contribution is 6.32. The molecule has 5 nitrogen and oxygen atoms in total. The number of halogens is 4. The van der Waals surface area contributed by atoms with Gasteiger partial charge in [0.1, 0.15) is 22.8 Å². The average molecular weight is 487 g/mol. The van der Waals surface area contributed by atoms with Crippen LogP contribution in [0.4, 0.5) is 13.2 Å². The average Bonchev–Trinajstić information content (AvgIpc) is 3.06. The number of hydrogen-bond donors (Lipinski definition) is 1. The Morgan fingerprint density at radius 3 is 2.55 bits per heavy atom. The normalized spacial score (nSPS) is 17.5. The summed E-state index contributed by atoms with van der Waals surface area (Å²) in [6.07, 6.45) is -4.38. The van der Waals surface area contributed by atoms with E-state index in [1.807, 2.05) is 19.9 Å². The number of carboxylic acid groups (broad SMARTS) is 1. The van der Waals surface area contributed by atoms with Crippen molar-refractivity contribution in [3.63, 3.8) is 0 Å². The van der Waals surface area contributed by atoms with E-state index in [0.29, 0.717) is 36.7 Å². The first-order chi connectivity index (χ1) is 15.5. The zero-order valence-electron chi connectivity index (χ0n) is 18.4. The lowest BCUT2D eigenvalue weighted by atomic mass is 9.83. The van der Waals surface area contributed by atoms with Crippen molar-refractivity contribution >= 4 is 17.6 Å². The molecule has 0 amide bonds. The van der Waals surface area contributed by atoms with E-state index in [0.717, 1.165) is 5.56 Å². The van der Waals surface area contributed by atoms with Crippen LogP contribution in [0.5, 0.6) is 17.2 Å². The zero-order chi connectivity index (χ0) is 24.2. The molecule has 1 aliphatic rings. The molecule has 180 valence electrons. The van der Waals surface area contributed by atoms with E-state index in [4.69, 9.17) is 25.8 Å². The number of fused-ring (bicyclic) bond motifs is 1. The lowest BCUT2D eigenvalue weighted by molar-refractivity contribution is -0.142. The molecule has 0 saturated heterocycles. The highest BCUT2D eigenvalue weighted by Crippen LogP contribution is 2.42. The topological polar surface area (TPSA) is 65.0 Å². The van der Waals surface area contributed by atoms with Gasteiger partial charge in [-0.25, -0.2) is 0 Å². The largest absolute Gasteiger partial charge is 0.493 e. The maximum atomic E-state index is 12.5. The van der Waals surface area contributed by atoms with Gasteiger partial charge in [-0.15, -0.1) is 0 Å². The second kappa shape index (κ2) is 10.1. The molecule has 0 radical (unpaired) electrons. The van der Waals surface area contributed by atoms with Gasteiger partial charge < -0.3 is 19.3 Å². The van der Waals surface area contributed by atoms with Crippen LogP contribution in [0, 0.1) is 5.92 Å². The Morgan fingerprint density at radius 2 is 1.91 bits per heavy atom. The first-order valence-corrected chi connectivity index (χ1v) is 11.0. The molecule has 2 aromatic carbocycles. The smallest absolute Gasteiger partial charge is 0.393 e. The molecule has 0 bridgehead atoms. The van der Waals surface area contributed by atoms with Crippen molar-refractivity contribution in [3.8, 4) is 17.2 Å². The SMILES string of the molecule is CC(C)C1(CC(=O)O)Cc2cc(OCCCOc3ccc(CC(F)(F)F)cc3Cl)ccc2O1. The summed E-state index contributed by atoms with van der Waals surface area (Å²) >= 11 is 6.03. The third kappa shape index (κ3) is 6.69. The number of alkyl halides is 3. The molecular weight excluding hydrogens is 461 g/mol. The summed E-state index contributed by atoms with van der Waals surface area (Å²) in [5.74, 6) is 0.756. The molecule has 0 spiro atoms. The van der Waals surface area contributed by atoms with Crippen molar-refractivity contribution in [3.05, 3.63) is 52.5 Å². The Hall–Kier alpha value is -2.61. The Balaban J connectivity index is 1.48. The van der Waals surface area contributed by atoms with E-state index in [1.54, 1.807) is 12.1 Å². The number of rotatable bonds is 10. The van der Waals surface area contributed by atoms with Gasteiger partial charge in [0.25, 0.3) is 0 Å². The number of carbonyl (C=O) groups is 1. The Bertz CT molecular complexity index is 993. The molecule has 3 rings (SSSR count). The first kappa shape index (κ1) is 25.0. The van der Waals surface area contributed by atoms with Crippen LogP contribution in [0.3, 0.4) is 0 Å². The van der Waals surface area contributed by atoms with Crippen LogP contribution in [0.25, 0.3) is 0 Å². The van der Waals surface area contributed by atoms with Crippen molar-refractivity contribution in [1.29, 1.82) is 0 Å². The lowest BCUT2D eigenvalue weighted by Gasteiger charge is -2.31. The highest BCUT2D eigenvalue weighted by Gasteiger charge is 2.44. The van der Waals surface area contributed by atoms with Crippen molar-refractivity contribution in [2.75, 3.05) is 13.2 Å². The fourth-order valence-corrected chi connectivity index (χ4v) is 4.03. The molecule has 1 heterocycles. The van der Waals surface area contributed by atoms with Gasteiger partial charge in [-0.1, -0.05) is 31.5 Å². The molecular formula is C24H26ClF3O5. The third-order valence-electron chi connectivity index (χ3n) is 5.55. The second-order valence-corrected chi connectivity index (χ2v) is 8.85. The Labute approximate surface area is 195 Å². The van der Waals surface area contributed by atoms with Gasteiger partial charge in [0, 0.05) is 18.4 Å². The molecule has 1 aliphatic heterocycles. The minimum absolute atomic E-state index is 0.0249. The van der Waals surface area contributed by atoms with E-state index < -0.39 is 24.2 Å². The second-order valence-electron chi connectivity index (χ2n) is 8.45. The molecule has 2 aromatic rings. The monoisotopic (exact) mass is 486 g/mol. The van der Waals surface area contributed by atoms with Crippen molar-refractivity contribution in [1.82, 2.24) is 0 Å². The number of carboxylic acids is 1. The molecule has 0 aliphatic carbocycles. The molecule has 0 saturated carbocycles. The Morgan fingerprint density at radius 1 is 1.18 bits per heavy atom. The van der Waals surface area contributed by atoms with Crippen LogP contribution < -0.4 is 14.2 Å². The number of ether oxygens (including phenoxy) is 3. The van der Waals surface area contributed by atoms with Gasteiger partial charge in [-0.2, -0.15) is 13.2 Å². The quantitative estimate of drug-likeness (QED) is 0.411. The van der Waals surface area contributed by atoms with Crippen LogP contribution in [0.1, 0.15) is 37.8 Å². The molecule has 1 N–H and O–H groups in total. The lowest BCUT2D eigenvalue weighted by Crippen LogP contribution is -2.42. The van der Waals surface area contributed by atoms with E-state index in [2.05, 4.69) is 0 Å². The molecule has 1 atom stereocenters. The van der Waals surface area contributed by atoms with E-state index in [1.165, 1.54) is 18.2 Å². The zero-order valence-corrected chi connectivity index (χ0v) is 19.1. The highest BCUT2D eigenvalue weighted by atomic mass is 35.5. The fourth-order valence-electron chi connectivity index (χ4n) is 3.78. The van der Waals surface area contributed by atoms with E-state index in [-0.39, 0.29) is 29.5 Å². The van der Waals surface area contributed by atoms with E-state index in [9.17, 15) is 23.1 Å². The summed E-state index contributed by atoms with van der Waals surface area (Å²) in [4.78, 5) is 11.3. The minimum atomic E-state index is -4.29. The van der Waals surface area contributed by atoms with Gasteiger partial charge in [0.05, 0.1) is 31.1 Å². The van der Waals surface area contributed by atoms with Gasteiger partial charge in [0.15, 0.2) is 0 Å². The van der Waals surface area contributed by atoms with Crippen LogP contribution in [-0.2, 0) is 17.6 Å². The van der Waals surface area contributed by atoms with Crippen LogP contribution in [0.15, 0.2) is 36.4 Å². The summed E-state index contributed by atoms with van der Waals surface area (Å²) in [6.45, 7) is 4.53. The predicted octanol–water partition coefficient (Wildman–Crippen LogP) is 6.10. The maximum absolute atomic E-state index is 12.5. The number of aliphatic carboxylic acids is 1. The summed E-state index contributed by atoms with van der Waals surface area (Å²) in [5, 5.41) is 9.41. The van der Waals surface area contributed by atoms with Crippen LogP contribution in [0.2, 0.25) is 5.02 Å². The number of hydrogen-bond acceptors (Lipinski definition) is 4. The summed E-state index contributed by atoms with van der Waals surface area (Å²) in [6, 6.07) is 9.46. The minimum Gasteiger partial charge on any atom is -0.493 e. The van der Waals surface area contributed by atoms with Crippen molar-refractivity contribution < 1.29 is 37.3 Å². The van der Waals surface area contributed by atoms with E-state index >= 15 is 0 Å². The standard InChI is InChI=1S/C24H26ClF3O5/c1-15(2)23(14-22(29)30)13-17-11-18(5-7-20(17)33-23)31-8-3-9-32-21-6-4-16(10-19(21)25)12-24(26,27)28/h4-7,10-11,15H,3,8-9,12-14H2,1-2H3,(H,29,30). The fraction of sp³-hybridized carbons (Fsp3) is 0.458. The van der Waals surface area contributed by atoms with Crippen molar-refractivity contribution in [2.45, 2.75) is 51.3 Å². The van der Waals surface area contributed by atoms with Gasteiger partial charge in [-0.05, 0) is 41.8 Å². The molecule has 0 aromatic heterocycles. The predicted molar refractivity (Wildman–Crippen MR) is 117 cm³/mol. The molecule has 0 fully saturated rings. The first-order valence-electron chi connectivity index (χ1n) is 10.6. The summed E-state index contributed by atoms with van der Waals surface area (Å²) < 4.78 is 54.8. The van der Waals surface area contributed by atoms with Crippen molar-refractivity contribution in [2.24, 2.45) is 5.92 Å². The Kier molecular flexibility index (Phi) is 7.67. The number of benzene rings is 2. The van der Waals surface area contributed by atoms with Crippen LogP contribution in [-0.4, -0.2) is 36.1 Å². The molecule has 9 heteroatoms. The summed E-state index contributed by atoms with van der Waals surface area (Å²) in [5.41, 5.74) is 0.216. The van der Waals surface area contributed by atoms with Gasteiger partial charge >= 0.3 is 12.1 Å². The summed E-state index contributed by atoms with van der Waals surface area (Å²) in [7, 11) is 0. The molecule has 33 heavy (non-hydrogen) atoms. The van der Waals surface area contributed by atoms with Gasteiger partial charge in [0.2, 0.25) is 0 Å². The van der Waals surface area contributed by atoms with Gasteiger partial charge in [-0.3, -0.25) is 4.79 Å². The molecule has 1 unspecified atom stereocenters.